The number of nitrogens with one attached hydrogen (secondary N) is 1. The third kappa shape index (κ3) is 1.26. The van der Waals surface area contributed by atoms with Gasteiger partial charge in [-0.15, -0.1) is 0 Å². The summed E-state index contributed by atoms with van der Waals surface area (Å²) in [6.45, 7) is 1.41. The van der Waals surface area contributed by atoms with Crippen LogP contribution in [0.25, 0.3) is 6.08 Å². The van der Waals surface area contributed by atoms with Gasteiger partial charge in [0.15, 0.2) is 0 Å². The lowest BCUT2D eigenvalue weighted by Crippen LogP contribution is -2.37. The van der Waals surface area contributed by atoms with Crippen molar-refractivity contribution < 1.29 is 4.39 Å². The van der Waals surface area contributed by atoms with Crippen molar-refractivity contribution in [1.29, 1.82) is 0 Å². The number of rotatable bonds is 0. The van der Waals surface area contributed by atoms with Crippen molar-refractivity contribution in [3.05, 3.63) is 35.5 Å². The van der Waals surface area contributed by atoms with Crippen LogP contribution in [0.15, 0.2) is 30.0 Å². The first kappa shape index (κ1) is 8.10. The number of alkyl halides is 1. The summed E-state index contributed by atoms with van der Waals surface area (Å²) < 4.78 is 13.6. The highest BCUT2D eigenvalue weighted by atomic mass is 19.1. The number of anilines is 1. The molecule has 1 aliphatic heterocycles. The first-order valence-corrected chi connectivity index (χ1v) is 4.13. The van der Waals surface area contributed by atoms with Crippen LogP contribution in [0, 0.1) is 0 Å². The third-order valence-corrected chi connectivity index (χ3v) is 2.18. The van der Waals surface area contributed by atoms with Gasteiger partial charge in [0, 0.05) is 5.69 Å². The van der Waals surface area contributed by atoms with Crippen LogP contribution in [0.5, 0.6) is 0 Å². The number of fused-ring (bicyclic) bond motifs is 1. The highest BCUT2D eigenvalue weighted by Crippen LogP contribution is 2.31. The van der Waals surface area contributed by atoms with Crippen LogP contribution in [0.1, 0.15) is 12.5 Å². The Kier molecular flexibility index (Phi) is 1.55. The summed E-state index contributed by atoms with van der Waals surface area (Å²) in [5, 5.41) is 2.73. The minimum absolute atomic E-state index is 0.214. The summed E-state index contributed by atoms with van der Waals surface area (Å²) in [6.07, 6.45) is 1.66. The molecule has 1 aromatic carbocycles. The Bertz CT molecular complexity index is 369. The lowest BCUT2D eigenvalue weighted by Gasteiger charge is -2.28. The summed E-state index contributed by atoms with van der Waals surface area (Å²) >= 11 is 0. The van der Waals surface area contributed by atoms with Crippen molar-refractivity contribution in [3.63, 3.8) is 0 Å². The van der Waals surface area contributed by atoms with E-state index in [1.807, 2.05) is 24.3 Å². The molecule has 1 heterocycles. The van der Waals surface area contributed by atoms with Crippen LogP contribution >= 0.6 is 0 Å². The normalized spacial score (nSPS) is 25.8. The Labute approximate surface area is 76.3 Å². The van der Waals surface area contributed by atoms with Gasteiger partial charge in [-0.25, -0.2) is 4.39 Å². The van der Waals surface area contributed by atoms with Crippen LogP contribution in [-0.2, 0) is 0 Å². The minimum Gasteiger partial charge on any atom is -0.398 e. The van der Waals surface area contributed by atoms with Crippen molar-refractivity contribution in [1.82, 2.24) is 0 Å². The zero-order valence-corrected chi connectivity index (χ0v) is 7.34. The zero-order chi connectivity index (χ0) is 9.47. The van der Waals surface area contributed by atoms with E-state index in [0.29, 0.717) is 0 Å². The maximum atomic E-state index is 13.6. The predicted octanol–water partition coefficient (Wildman–Crippen LogP) is 2.10. The molecule has 68 valence electrons. The molecule has 3 heteroatoms. The molecule has 0 amide bonds. The van der Waals surface area contributed by atoms with E-state index in [9.17, 15) is 4.39 Å². The number of nitrogens with two attached hydrogens (primary N) is 1. The maximum Gasteiger partial charge on any atom is 0.217 e. The van der Waals surface area contributed by atoms with Crippen LogP contribution in [-0.4, -0.2) is 5.79 Å². The molecule has 0 radical (unpaired) electrons. The van der Waals surface area contributed by atoms with Gasteiger partial charge in [-0.1, -0.05) is 18.2 Å². The number of hydrogen-bond donors (Lipinski definition) is 2. The molecule has 0 bridgehead atoms. The number of para-hydroxylation sites is 1. The fourth-order valence-corrected chi connectivity index (χ4v) is 1.36. The van der Waals surface area contributed by atoms with E-state index in [1.54, 1.807) is 6.08 Å². The fraction of sp³-hybridized carbons (Fsp3) is 0.200. The second-order valence-electron chi connectivity index (χ2n) is 3.31. The van der Waals surface area contributed by atoms with Crippen molar-refractivity contribution in [3.8, 4) is 0 Å². The van der Waals surface area contributed by atoms with Gasteiger partial charge in [0.1, 0.15) is 0 Å². The summed E-state index contributed by atoms with van der Waals surface area (Å²) in [6, 6.07) is 7.48. The van der Waals surface area contributed by atoms with Gasteiger partial charge < -0.3 is 11.1 Å². The largest absolute Gasteiger partial charge is 0.398 e. The van der Waals surface area contributed by atoms with Crippen LogP contribution < -0.4 is 11.1 Å². The Hall–Kier alpha value is -1.51. The van der Waals surface area contributed by atoms with E-state index in [1.165, 1.54) is 6.92 Å². The second-order valence-corrected chi connectivity index (χ2v) is 3.31. The van der Waals surface area contributed by atoms with Crippen LogP contribution in [0.4, 0.5) is 10.1 Å². The molecular formula is C10H11FN2. The average Bonchev–Trinajstić information content (AvgIpc) is 2.06. The Morgan fingerprint density at radius 1 is 1.38 bits per heavy atom. The molecule has 13 heavy (non-hydrogen) atoms. The SMILES string of the molecule is CC1(F)Nc2ccccc2C=C1N. The van der Waals surface area contributed by atoms with Gasteiger partial charge in [-0.2, -0.15) is 0 Å². The highest BCUT2D eigenvalue weighted by Gasteiger charge is 2.30. The molecule has 1 aliphatic rings. The van der Waals surface area contributed by atoms with Crippen molar-refractivity contribution in [2.45, 2.75) is 12.7 Å². The molecule has 0 saturated carbocycles. The number of halogens is 1. The molecule has 2 rings (SSSR count). The summed E-state index contributed by atoms with van der Waals surface area (Å²) in [7, 11) is 0. The van der Waals surface area contributed by atoms with Crippen molar-refractivity contribution >= 4 is 11.8 Å². The Morgan fingerprint density at radius 3 is 2.85 bits per heavy atom. The zero-order valence-electron chi connectivity index (χ0n) is 7.34. The van der Waals surface area contributed by atoms with Gasteiger partial charge in [-0.3, -0.25) is 0 Å². The Balaban J connectivity index is 2.53. The monoisotopic (exact) mass is 178 g/mol. The van der Waals surface area contributed by atoms with Crippen LogP contribution in [0.2, 0.25) is 0 Å². The van der Waals surface area contributed by atoms with E-state index < -0.39 is 5.79 Å². The topological polar surface area (TPSA) is 38.0 Å². The molecule has 3 N–H and O–H groups in total. The number of hydrogen-bond acceptors (Lipinski definition) is 2. The first-order valence-electron chi connectivity index (χ1n) is 4.13. The fourth-order valence-electron chi connectivity index (χ4n) is 1.36. The Morgan fingerprint density at radius 2 is 2.08 bits per heavy atom. The van der Waals surface area contributed by atoms with Crippen LogP contribution in [0.3, 0.4) is 0 Å². The van der Waals surface area contributed by atoms with E-state index in [0.717, 1.165) is 11.3 Å². The first-order chi connectivity index (χ1) is 6.09. The molecule has 1 atom stereocenters. The summed E-state index contributed by atoms with van der Waals surface area (Å²) in [4.78, 5) is 0. The molecule has 0 aromatic heterocycles. The van der Waals surface area contributed by atoms with Gasteiger partial charge in [0.05, 0.1) is 5.70 Å². The molecule has 1 aromatic rings. The number of benzene rings is 1. The van der Waals surface area contributed by atoms with Gasteiger partial charge in [-0.05, 0) is 24.6 Å². The average molecular weight is 178 g/mol. The molecule has 0 saturated heterocycles. The second kappa shape index (κ2) is 2.49. The lowest BCUT2D eigenvalue weighted by molar-refractivity contribution is 0.278. The van der Waals surface area contributed by atoms with Gasteiger partial charge in [0.2, 0.25) is 5.79 Å². The van der Waals surface area contributed by atoms with E-state index in [2.05, 4.69) is 5.32 Å². The van der Waals surface area contributed by atoms with Gasteiger partial charge in [0.25, 0.3) is 0 Å². The standard InChI is InChI=1S/C10H11FN2/c1-10(11)9(12)6-7-4-2-3-5-8(7)13-10/h2-6,13H,12H2,1H3. The van der Waals surface area contributed by atoms with Crippen molar-refractivity contribution in [2.75, 3.05) is 5.32 Å². The quantitative estimate of drug-likeness (QED) is 0.597. The summed E-state index contributed by atoms with van der Waals surface area (Å²) in [5.41, 5.74) is 7.47. The maximum absolute atomic E-state index is 13.6. The highest BCUT2D eigenvalue weighted by molar-refractivity contribution is 5.73. The molecule has 1 unspecified atom stereocenters. The van der Waals surface area contributed by atoms with Crippen molar-refractivity contribution in [2.24, 2.45) is 5.73 Å². The molecule has 2 nitrogen and oxygen atoms in total. The third-order valence-electron chi connectivity index (χ3n) is 2.18. The van der Waals surface area contributed by atoms with E-state index >= 15 is 0 Å². The summed E-state index contributed by atoms with van der Waals surface area (Å²) in [5.74, 6) is -1.63. The molecule has 0 aliphatic carbocycles. The minimum atomic E-state index is -1.63. The van der Waals surface area contributed by atoms with E-state index in [4.69, 9.17) is 5.73 Å². The predicted molar refractivity (Wildman–Crippen MR) is 51.7 cm³/mol. The lowest BCUT2D eigenvalue weighted by atomic mass is 10.0. The molecule has 0 fully saturated rings. The smallest absolute Gasteiger partial charge is 0.217 e. The van der Waals surface area contributed by atoms with E-state index in [-0.39, 0.29) is 5.70 Å². The molecular weight excluding hydrogens is 167 g/mol. The van der Waals surface area contributed by atoms with Gasteiger partial charge >= 0.3 is 0 Å². The molecule has 0 spiro atoms.